The van der Waals surface area contributed by atoms with Crippen LogP contribution >= 0.6 is 11.8 Å². The molecule has 1 atom stereocenters. The van der Waals surface area contributed by atoms with Gasteiger partial charge in [-0.15, -0.1) is 11.8 Å². The molecule has 1 unspecified atom stereocenters. The number of amides is 1. The predicted molar refractivity (Wildman–Crippen MR) is 90.9 cm³/mol. The number of aliphatic hydroxyl groups is 1. The second-order valence-electron chi connectivity index (χ2n) is 6.41. The fraction of sp³-hybridized carbons (Fsp3) is 0.611. The number of thioether (sulfide) groups is 1. The van der Waals surface area contributed by atoms with Crippen molar-refractivity contribution in [3.8, 4) is 0 Å². The molecular weight excluding hydrogens is 294 g/mol. The lowest BCUT2D eigenvalue weighted by Crippen LogP contribution is -2.41. The molecule has 120 valence electrons. The molecule has 1 amide bonds. The molecule has 0 bridgehead atoms. The van der Waals surface area contributed by atoms with E-state index in [1.54, 1.807) is 11.8 Å². The summed E-state index contributed by atoms with van der Waals surface area (Å²) < 4.78 is 0. The second-order valence-corrected chi connectivity index (χ2v) is 7.44. The predicted octanol–water partition coefficient (Wildman–Crippen LogP) is 3.39. The summed E-state index contributed by atoms with van der Waals surface area (Å²) in [6.45, 7) is 0. The van der Waals surface area contributed by atoms with Crippen LogP contribution in [0.3, 0.4) is 0 Å². The van der Waals surface area contributed by atoms with Crippen LogP contribution in [-0.4, -0.2) is 39.5 Å². The summed E-state index contributed by atoms with van der Waals surface area (Å²) in [6.07, 6.45) is 6.76. The molecule has 0 aliphatic heterocycles. The minimum Gasteiger partial charge on any atom is -0.388 e. The summed E-state index contributed by atoms with van der Waals surface area (Å²) in [5.74, 6) is 1.36. The van der Waals surface area contributed by atoms with E-state index in [1.807, 2.05) is 30.3 Å². The number of aliphatic hydroxyl groups excluding tert-OH is 1. The smallest absolute Gasteiger partial charge is 0.233 e. The number of hydrogen-bond acceptors (Lipinski definition) is 3. The van der Waals surface area contributed by atoms with E-state index in [-0.39, 0.29) is 5.91 Å². The maximum absolute atomic E-state index is 12.6. The number of carbonyl (C=O) groups is 1. The first kappa shape index (κ1) is 15.9. The Morgan fingerprint density at radius 3 is 2.41 bits per heavy atom. The van der Waals surface area contributed by atoms with Crippen LogP contribution in [0.15, 0.2) is 30.3 Å². The summed E-state index contributed by atoms with van der Waals surface area (Å²) in [6, 6.07) is 10.7. The van der Waals surface area contributed by atoms with Crippen molar-refractivity contribution < 1.29 is 9.90 Å². The molecule has 2 aliphatic carbocycles. The monoisotopic (exact) mass is 319 g/mol. The van der Waals surface area contributed by atoms with Crippen LogP contribution < -0.4 is 0 Å². The zero-order chi connectivity index (χ0) is 15.4. The fourth-order valence-electron chi connectivity index (χ4n) is 3.34. The Morgan fingerprint density at radius 1 is 1.14 bits per heavy atom. The normalized spacial score (nSPS) is 20.0. The first-order valence-corrected chi connectivity index (χ1v) is 9.53. The fourth-order valence-corrected chi connectivity index (χ4v) is 4.20. The van der Waals surface area contributed by atoms with Gasteiger partial charge in [0, 0.05) is 17.8 Å². The van der Waals surface area contributed by atoms with E-state index >= 15 is 0 Å². The zero-order valence-corrected chi connectivity index (χ0v) is 13.8. The first-order valence-electron chi connectivity index (χ1n) is 8.37. The second kappa shape index (κ2) is 7.51. The van der Waals surface area contributed by atoms with E-state index in [4.69, 9.17) is 0 Å². The Labute approximate surface area is 137 Å². The average molecular weight is 319 g/mol. The number of rotatable bonds is 7. The summed E-state index contributed by atoms with van der Waals surface area (Å²) in [4.78, 5) is 14.7. The molecule has 2 fully saturated rings. The highest BCUT2D eigenvalue weighted by atomic mass is 32.2. The maximum Gasteiger partial charge on any atom is 0.233 e. The standard InChI is InChI=1S/C18H25NO2S/c20-17(14-6-2-1-3-7-14)12-22-13-18(21)19(16-10-11-16)15-8-4-5-9-15/h1-3,6-7,15-17,20H,4-5,8-13H2. The Morgan fingerprint density at radius 2 is 1.77 bits per heavy atom. The highest BCUT2D eigenvalue weighted by molar-refractivity contribution is 7.99. The Bertz CT molecular complexity index is 483. The number of benzene rings is 1. The van der Waals surface area contributed by atoms with Crippen molar-refractivity contribution in [2.75, 3.05) is 11.5 Å². The molecule has 1 aromatic rings. The quantitative estimate of drug-likeness (QED) is 0.837. The molecule has 2 aliphatic rings. The van der Waals surface area contributed by atoms with Crippen molar-refractivity contribution in [1.29, 1.82) is 0 Å². The molecule has 0 radical (unpaired) electrons. The van der Waals surface area contributed by atoms with Crippen LogP contribution in [0, 0.1) is 0 Å². The molecule has 0 heterocycles. The summed E-state index contributed by atoms with van der Waals surface area (Å²) >= 11 is 1.56. The molecule has 22 heavy (non-hydrogen) atoms. The number of carbonyl (C=O) groups excluding carboxylic acids is 1. The third kappa shape index (κ3) is 4.05. The molecule has 4 heteroatoms. The summed E-state index contributed by atoms with van der Waals surface area (Å²) in [5.41, 5.74) is 0.928. The van der Waals surface area contributed by atoms with Crippen LogP contribution in [-0.2, 0) is 4.79 Å². The van der Waals surface area contributed by atoms with Crippen LogP contribution in [0.5, 0.6) is 0 Å². The Balaban J connectivity index is 1.46. The summed E-state index contributed by atoms with van der Waals surface area (Å²) in [7, 11) is 0. The van der Waals surface area contributed by atoms with E-state index < -0.39 is 6.10 Å². The number of nitrogens with zero attached hydrogens (tertiary/aromatic N) is 1. The van der Waals surface area contributed by atoms with Crippen molar-refractivity contribution >= 4 is 17.7 Å². The van der Waals surface area contributed by atoms with Gasteiger partial charge < -0.3 is 10.0 Å². The highest BCUT2D eigenvalue weighted by Gasteiger charge is 2.37. The largest absolute Gasteiger partial charge is 0.388 e. The lowest BCUT2D eigenvalue weighted by Gasteiger charge is -2.29. The third-order valence-corrected chi connectivity index (χ3v) is 5.63. The van der Waals surface area contributed by atoms with Gasteiger partial charge in [-0.3, -0.25) is 4.79 Å². The van der Waals surface area contributed by atoms with Gasteiger partial charge in [-0.2, -0.15) is 0 Å². The van der Waals surface area contributed by atoms with E-state index in [9.17, 15) is 9.90 Å². The van der Waals surface area contributed by atoms with Crippen molar-refractivity contribution in [3.63, 3.8) is 0 Å². The SMILES string of the molecule is O=C(CSCC(O)c1ccccc1)N(C1CCCC1)C1CC1. The number of hydrogen-bond donors (Lipinski definition) is 1. The zero-order valence-electron chi connectivity index (χ0n) is 13.0. The van der Waals surface area contributed by atoms with E-state index in [0.29, 0.717) is 23.6 Å². The molecule has 1 aromatic carbocycles. The van der Waals surface area contributed by atoms with Crippen LogP contribution in [0.2, 0.25) is 0 Å². The van der Waals surface area contributed by atoms with Gasteiger partial charge in [-0.05, 0) is 31.2 Å². The van der Waals surface area contributed by atoms with Gasteiger partial charge in [-0.25, -0.2) is 0 Å². The van der Waals surface area contributed by atoms with Gasteiger partial charge in [0.05, 0.1) is 11.9 Å². The maximum atomic E-state index is 12.6. The molecule has 0 aromatic heterocycles. The van der Waals surface area contributed by atoms with E-state index in [0.717, 1.165) is 5.56 Å². The van der Waals surface area contributed by atoms with E-state index in [2.05, 4.69) is 4.90 Å². The molecule has 1 N–H and O–H groups in total. The minimum absolute atomic E-state index is 0.277. The summed E-state index contributed by atoms with van der Waals surface area (Å²) in [5, 5.41) is 10.2. The van der Waals surface area contributed by atoms with Gasteiger partial charge in [0.15, 0.2) is 0 Å². The van der Waals surface area contributed by atoms with Crippen molar-refractivity contribution in [3.05, 3.63) is 35.9 Å². The van der Waals surface area contributed by atoms with Gasteiger partial charge in [-0.1, -0.05) is 43.2 Å². The topological polar surface area (TPSA) is 40.5 Å². The van der Waals surface area contributed by atoms with Gasteiger partial charge in [0.1, 0.15) is 0 Å². The van der Waals surface area contributed by atoms with E-state index in [1.165, 1.54) is 38.5 Å². The molecule has 0 saturated heterocycles. The Kier molecular flexibility index (Phi) is 5.42. The van der Waals surface area contributed by atoms with Crippen LogP contribution in [0.25, 0.3) is 0 Å². The van der Waals surface area contributed by atoms with Gasteiger partial charge in [0.2, 0.25) is 5.91 Å². The minimum atomic E-state index is -0.486. The first-order chi connectivity index (χ1) is 10.8. The lowest BCUT2D eigenvalue weighted by molar-refractivity contribution is -0.131. The average Bonchev–Trinajstić information content (AvgIpc) is 3.22. The van der Waals surface area contributed by atoms with Gasteiger partial charge in [0.25, 0.3) is 0 Å². The lowest BCUT2D eigenvalue weighted by atomic mass is 10.1. The van der Waals surface area contributed by atoms with Crippen LogP contribution in [0.4, 0.5) is 0 Å². The Hall–Kier alpha value is -1.00. The van der Waals surface area contributed by atoms with Crippen molar-refractivity contribution in [1.82, 2.24) is 4.90 Å². The highest BCUT2D eigenvalue weighted by Crippen LogP contribution is 2.35. The molecular formula is C18H25NO2S. The molecule has 3 nitrogen and oxygen atoms in total. The molecule has 3 rings (SSSR count). The molecule has 2 saturated carbocycles. The van der Waals surface area contributed by atoms with Crippen molar-refractivity contribution in [2.45, 2.75) is 56.7 Å². The van der Waals surface area contributed by atoms with Gasteiger partial charge >= 0.3 is 0 Å². The third-order valence-electron chi connectivity index (χ3n) is 4.63. The van der Waals surface area contributed by atoms with Crippen LogP contribution in [0.1, 0.15) is 50.2 Å². The van der Waals surface area contributed by atoms with Crippen molar-refractivity contribution in [2.24, 2.45) is 0 Å². The molecule has 0 spiro atoms.